The van der Waals surface area contributed by atoms with E-state index in [4.69, 9.17) is 11.6 Å². The third kappa shape index (κ3) is 3.54. The molecule has 2 aromatic rings. The van der Waals surface area contributed by atoms with Crippen LogP contribution in [0.5, 0.6) is 0 Å². The van der Waals surface area contributed by atoms with Crippen LogP contribution in [0, 0.1) is 0 Å². The molecule has 2 heterocycles. The van der Waals surface area contributed by atoms with E-state index in [-0.39, 0.29) is 6.04 Å². The lowest BCUT2D eigenvalue weighted by molar-refractivity contribution is -0.145. The summed E-state index contributed by atoms with van der Waals surface area (Å²) in [5.74, 6) is -0.763. The topological polar surface area (TPSA) is 53.4 Å². The molecule has 2 unspecified atom stereocenters. The number of carbonyl (C=O) groups is 1. The van der Waals surface area contributed by atoms with Gasteiger partial charge in [0.2, 0.25) is 0 Å². The fourth-order valence-electron chi connectivity index (χ4n) is 3.32. The molecule has 2 atom stereocenters. The standard InChI is InChI=1S/C18H19ClN2O2/c19-15-7-3-5-13(11-15)17(14-6-4-9-20-12-14)21-10-2-1-8-16(21)18(22)23/h3-7,9,11-12,16-17H,1-2,8,10H2,(H,22,23). The molecule has 5 heteroatoms. The molecule has 120 valence electrons. The number of aliphatic carboxylic acids is 1. The molecule has 23 heavy (non-hydrogen) atoms. The van der Waals surface area contributed by atoms with Crippen molar-refractivity contribution in [3.8, 4) is 0 Å². The van der Waals surface area contributed by atoms with Crippen LogP contribution in [0.25, 0.3) is 0 Å². The first-order valence-electron chi connectivity index (χ1n) is 7.81. The summed E-state index contributed by atoms with van der Waals surface area (Å²) in [6.45, 7) is 0.753. The third-order valence-electron chi connectivity index (χ3n) is 4.33. The van der Waals surface area contributed by atoms with Gasteiger partial charge in [0.15, 0.2) is 0 Å². The molecule has 0 saturated carbocycles. The Kier molecular flexibility index (Phi) is 4.94. The molecule has 1 saturated heterocycles. The molecule has 0 bridgehead atoms. The van der Waals surface area contributed by atoms with Crippen molar-refractivity contribution in [2.45, 2.75) is 31.3 Å². The van der Waals surface area contributed by atoms with E-state index >= 15 is 0 Å². The van der Waals surface area contributed by atoms with Crippen molar-refractivity contribution in [3.63, 3.8) is 0 Å². The summed E-state index contributed by atoms with van der Waals surface area (Å²) in [5.41, 5.74) is 1.99. The Labute approximate surface area is 140 Å². The second-order valence-corrected chi connectivity index (χ2v) is 6.27. The van der Waals surface area contributed by atoms with E-state index in [9.17, 15) is 9.90 Å². The van der Waals surface area contributed by atoms with Gasteiger partial charge in [-0.25, -0.2) is 0 Å². The Hall–Kier alpha value is -1.91. The van der Waals surface area contributed by atoms with Crippen LogP contribution < -0.4 is 0 Å². The maximum Gasteiger partial charge on any atom is 0.320 e. The second-order valence-electron chi connectivity index (χ2n) is 5.83. The van der Waals surface area contributed by atoms with Crippen LogP contribution >= 0.6 is 11.6 Å². The summed E-state index contributed by atoms with van der Waals surface area (Å²) in [7, 11) is 0. The number of aromatic nitrogens is 1. The number of piperidine rings is 1. The Balaban J connectivity index is 2.06. The molecule has 0 amide bonds. The number of halogens is 1. The predicted octanol–water partition coefficient (Wildman–Crippen LogP) is 3.76. The van der Waals surface area contributed by atoms with Crippen LogP contribution in [0.3, 0.4) is 0 Å². The molecule has 1 N–H and O–H groups in total. The Morgan fingerprint density at radius 2 is 2.09 bits per heavy atom. The van der Waals surface area contributed by atoms with Crippen molar-refractivity contribution in [2.24, 2.45) is 0 Å². The molecule has 0 aliphatic carbocycles. The van der Waals surface area contributed by atoms with Gasteiger partial charge in [-0.15, -0.1) is 0 Å². The van der Waals surface area contributed by atoms with Crippen molar-refractivity contribution in [1.82, 2.24) is 9.88 Å². The Morgan fingerprint density at radius 1 is 1.26 bits per heavy atom. The summed E-state index contributed by atoms with van der Waals surface area (Å²) in [5, 5.41) is 10.3. The number of hydrogen-bond donors (Lipinski definition) is 1. The lowest BCUT2D eigenvalue weighted by Gasteiger charge is -2.39. The van der Waals surface area contributed by atoms with Crippen LogP contribution in [0.15, 0.2) is 48.8 Å². The number of carboxylic acids is 1. The van der Waals surface area contributed by atoms with E-state index in [0.717, 1.165) is 30.5 Å². The largest absolute Gasteiger partial charge is 0.480 e. The maximum absolute atomic E-state index is 11.7. The van der Waals surface area contributed by atoms with Crippen molar-refractivity contribution < 1.29 is 9.90 Å². The quantitative estimate of drug-likeness (QED) is 0.927. The first-order chi connectivity index (χ1) is 11.2. The average molecular weight is 331 g/mol. The molecule has 0 radical (unpaired) electrons. The molecular formula is C18H19ClN2O2. The van der Waals surface area contributed by atoms with Crippen LogP contribution in [-0.4, -0.2) is 33.5 Å². The van der Waals surface area contributed by atoms with E-state index < -0.39 is 12.0 Å². The first kappa shape index (κ1) is 16.0. The van der Waals surface area contributed by atoms with Crippen LogP contribution in [0.4, 0.5) is 0 Å². The van der Waals surface area contributed by atoms with Crippen molar-refractivity contribution in [3.05, 3.63) is 64.9 Å². The SMILES string of the molecule is O=C(O)C1CCCCN1C(c1cccnc1)c1cccc(Cl)c1. The van der Waals surface area contributed by atoms with Gasteiger partial charge in [-0.05, 0) is 48.7 Å². The number of pyridine rings is 1. The molecule has 1 aliphatic rings. The van der Waals surface area contributed by atoms with Crippen LogP contribution in [-0.2, 0) is 4.79 Å². The highest BCUT2D eigenvalue weighted by atomic mass is 35.5. The van der Waals surface area contributed by atoms with Crippen molar-refractivity contribution in [2.75, 3.05) is 6.54 Å². The van der Waals surface area contributed by atoms with Gasteiger partial charge < -0.3 is 5.11 Å². The molecular weight excluding hydrogens is 312 g/mol. The van der Waals surface area contributed by atoms with Crippen molar-refractivity contribution >= 4 is 17.6 Å². The van der Waals surface area contributed by atoms with Gasteiger partial charge in [-0.1, -0.05) is 36.2 Å². The van der Waals surface area contributed by atoms with Gasteiger partial charge in [0.1, 0.15) is 6.04 Å². The molecule has 4 nitrogen and oxygen atoms in total. The summed E-state index contributed by atoms with van der Waals surface area (Å²) >= 11 is 6.16. The highest BCUT2D eigenvalue weighted by molar-refractivity contribution is 6.30. The Morgan fingerprint density at radius 3 is 2.78 bits per heavy atom. The zero-order valence-electron chi connectivity index (χ0n) is 12.7. The minimum Gasteiger partial charge on any atom is -0.480 e. The van der Waals surface area contributed by atoms with Gasteiger partial charge in [0.25, 0.3) is 0 Å². The second kappa shape index (κ2) is 7.11. The molecule has 1 aliphatic heterocycles. The van der Waals surface area contributed by atoms with Gasteiger partial charge in [0.05, 0.1) is 6.04 Å². The number of hydrogen-bond acceptors (Lipinski definition) is 3. The van der Waals surface area contributed by atoms with Crippen molar-refractivity contribution in [1.29, 1.82) is 0 Å². The highest BCUT2D eigenvalue weighted by Gasteiger charge is 2.35. The molecule has 3 rings (SSSR count). The third-order valence-corrected chi connectivity index (χ3v) is 4.56. The smallest absolute Gasteiger partial charge is 0.320 e. The summed E-state index contributed by atoms with van der Waals surface area (Å²) in [6.07, 6.45) is 6.15. The molecule has 1 fully saturated rings. The number of likely N-dealkylation sites (tertiary alicyclic amines) is 1. The highest BCUT2D eigenvalue weighted by Crippen LogP contribution is 2.34. The first-order valence-corrected chi connectivity index (χ1v) is 8.18. The zero-order chi connectivity index (χ0) is 16.2. The van der Waals surface area contributed by atoms with E-state index in [2.05, 4.69) is 9.88 Å². The number of rotatable bonds is 4. The lowest BCUT2D eigenvalue weighted by Crippen LogP contribution is -2.46. The lowest BCUT2D eigenvalue weighted by atomic mass is 9.92. The van der Waals surface area contributed by atoms with E-state index in [1.165, 1.54) is 0 Å². The minimum absolute atomic E-state index is 0.149. The Bertz CT molecular complexity index is 678. The molecule has 0 spiro atoms. The fourth-order valence-corrected chi connectivity index (χ4v) is 3.52. The summed E-state index contributed by atoms with van der Waals surface area (Å²) < 4.78 is 0. The van der Waals surface area contributed by atoms with Crippen LogP contribution in [0.1, 0.15) is 36.4 Å². The van der Waals surface area contributed by atoms with Gasteiger partial charge >= 0.3 is 5.97 Å². The number of carboxylic acid groups (broad SMARTS) is 1. The monoisotopic (exact) mass is 330 g/mol. The summed E-state index contributed by atoms with van der Waals surface area (Å²) in [4.78, 5) is 18.0. The maximum atomic E-state index is 11.7. The fraction of sp³-hybridized carbons (Fsp3) is 0.333. The normalized spacial score (nSPS) is 20.1. The molecule has 1 aromatic heterocycles. The molecule has 1 aromatic carbocycles. The average Bonchev–Trinajstić information content (AvgIpc) is 2.56. The van der Waals surface area contributed by atoms with Crippen LogP contribution in [0.2, 0.25) is 5.02 Å². The van der Waals surface area contributed by atoms with Gasteiger partial charge in [0, 0.05) is 17.4 Å². The predicted molar refractivity (Wildman–Crippen MR) is 89.5 cm³/mol. The number of benzene rings is 1. The summed E-state index contributed by atoms with van der Waals surface area (Å²) in [6, 6.07) is 10.9. The zero-order valence-corrected chi connectivity index (χ0v) is 13.5. The number of nitrogens with zero attached hydrogens (tertiary/aromatic N) is 2. The van der Waals surface area contributed by atoms with Gasteiger partial charge in [-0.3, -0.25) is 14.7 Å². The minimum atomic E-state index is -0.763. The van der Waals surface area contributed by atoms with E-state index in [1.54, 1.807) is 12.4 Å². The van der Waals surface area contributed by atoms with Gasteiger partial charge in [-0.2, -0.15) is 0 Å². The van der Waals surface area contributed by atoms with E-state index in [1.807, 2.05) is 36.4 Å². The van der Waals surface area contributed by atoms with E-state index in [0.29, 0.717) is 11.4 Å².